The predicted octanol–water partition coefficient (Wildman–Crippen LogP) is -3.15. The molecule has 0 saturated carbocycles. The maximum Gasteiger partial charge on any atom is 0.111 e. The molecule has 0 radical (unpaired) electrons. The molecule has 0 spiro atoms. The lowest BCUT2D eigenvalue weighted by Crippen LogP contribution is -2.47. The summed E-state index contributed by atoms with van der Waals surface area (Å²) in [6.45, 7) is 2.09. The lowest BCUT2D eigenvalue weighted by molar-refractivity contribution is -0.129. The molecule has 0 bridgehead atoms. The highest BCUT2D eigenvalue weighted by Crippen LogP contribution is 2.10. The summed E-state index contributed by atoms with van der Waals surface area (Å²) in [5.74, 6) is 0. The Morgan fingerprint density at radius 1 is 1.05 bits per heavy atom. The molecule has 2 aliphatic heterocycles. The molecule has 5 N–H and O–H groups in total. The minimum Gasteiger partial charge on any atom is -0.394 e. The molecule has 0 aromatic heterocycles. The van der Waals surface area contributed by atoms with E-state index in [1.807, 2.05) is 0 Å². The summed E-state index contributed by atoms with van der Waals surface area (Å²) in [7, 11) is 0. The summed E-state index contributed by atoms with van der Waals surface area (Å²) in [4.78, 5) is 0. The van der Waals surface area contributed by atoms with Gasteiger partial charge in [-0.15, -0.1) is 0 Å². The summed E-state index contributed by atoms with van der Waals surface area (Å²) >= 11 is 0. The molecule has 0 aromatic rings. The molecular formula is C11H22O8. The second-order valence-electron chi connectivity index (χ2n) is 4.40. The quantitative estimate of drug-likeness (QED) is 0.295. The van der Waals surface area contributed by atoms with Crippen LogP contribution in [0.3, 0.4) is 0 Å². The first-order chi connectivity index (χ1) is 9.06. The monoisotopic (exact) mass is 282 g/mol. The fraction of sp³-hybridized carbons (Fsp3) is 1.00. The Balaban J connectivity index is 0.000000524. The molecule has 2 saturated heterocycles. The first kappa shape index (κ1) is 16.7. The molecule has 8 heteroatoms. The third-order valence-electron chi connectivity index (χ3n) is 2.52. The third kappa shape index (κ3) is 7.75. The van der Waals surface area contributed by atoms with Gasteiger partial charge in [-0.1, -0.05) is 0 Å². The first-order valence-electron chi connectivity index (χ1n) is 6.16. The van der Waals surface area contributed by atoms with Gasteiger partial charge in [-0.2, -0.15) is 0 Å². The van der Waals surface area contributed by atoms with Crippen molar-refractivity contribution in [2.75, 3.05) is 39.6 Å². The Morgan fingerprint density at radius 3 is 2.00 bits per heavy atom. The van der Waals surface area contributed by atoms with Gasteiger partial charge in [0.05, 0.1) is 39.6 Å². The van der Waals surface area contributed by atoms with Gasteiger partial charge in [0.1, 0.15) is 30.5 Å². The van der Waals surface area contributed by atoms with Crippen molar-refractivity contribution in [2.45, 2.75) is 30.5 Å². The van der Waals surface area contributed by atoms with E-state index in [2.05, 4.69) is 4.74 Å². The number of aliphatic hydroxyl groups is 5. The summed E-state index contributed by atoms with van der Waals surface area (Å²) in [6.07, 6.45) is -5.94. The minimum absolute atomic E-state index is 0.0531. The molecule has 2 rings (SSSR count). The van der Waals surface area contributed by atoms with Crippen molar-refractivity contribution in [3.63, 3.8) is 0 Å². The lowest BCUT2D eigenvalue weighted by Gasteiger charge is -2.25. The van der Waals surface area contributed by atoms with E-state index in [-0.39, 0.29) is 12.7 Å². The van der Waals surface area contributed by atoms with Crippen molar-refractivity contribution in [1.82, 2.24) is 0 Å². The van der Waals surface area contributed by atoms with Gasteiger partial charge in [0.15, 0.2) is 0 Å². The van der Waals surface area contributed by atoms with Gasteiger partial charge in [0.25, 0.3) is 0 Å². The number of hydrogen-bond donors (Lipinski definition) is 5. The van der Waals surface area contributed by atoms with Crippen LogP contribution in [0.2, 0.25) is 0 Å². The van der Waals surface area contributed by atoms with Crippen molar-refractivity contribution in [3.8, 4) is 0 Å². The van der Waals surface area contributed by atoms with Crippen LogP contribution in [0.4, 0.5) is 0 Å². The van der Waals surface area contributed by atoms with Crippen molar-refractivity contribution >= 4 is 0 Å². The zero-order chi connectivity index (χ0) is 14.3. The molecule has 2 aliphatic rings. The number of ether oxygens (including phenoxy) is 3. The Hall–Kier alpha value is -0.320. The van der Waals surface area contributed by atoms with Crippen LogP contribution in [0.15, 0.2) is 0 Å². The van der Waals surface area contributed by atoms with Crippen LogP contribution in [-0.4, -0.2) is 95.7 Å². The van der Waals surface area contributed by atoms with E-state index < -0.39 is 31.0 Å². The first-order valence-corrected chi connectivity index (χ1v) is 6.16. The van der Waals surface area contributed by atoms with Gasteiger partial charge in [-0.3, -0.25) is 0 Å². The number of hydrogen-bond acceptors (Lipinski definition) is 8. The zero-order valence-corrected chi connectivity index (χ0v) is 10.6. The molecule has 8 nitrogen and oxygen atoms in total. The zero-order valence-electron chi connectivity index (χ0n) is 10.6. The molecule has 5 atom stereocenters. The van der Waals surface area contributed by atoms with E-state index in [1.54, 1.807) is 0 Å². The number of rotatable bonds is 8. The lowest BCUT2D eigenvalue weighted by atomic mass is 10.0. The van der Waals surface area contributed by atoms with Crippen molar-refractivity contribution < 1.29 is 39.7 Å². The van der Waals surface area contributed by atoms with Gasteiger partial charge in [-0.25, -0.2) is 0 Å². The second kappa shape index (κ2) is 8.77. The van der Waals surface area contributed by atoms with Gasteiger partial charge in [-0.05, 0) is 0 Å². The maximum absolute atomic E-state index is 9.40. The molecule has 0 aliphatic carbocycles. The van der Waals surface area contributed by atoms with Gasteiger partial charge >= 0.3 is 0 Å². The molecule has 0 amide bonds. The maximum atomic E-state index is 9.40. The van der Waals surface area contributed by atoms with Gasteiger partial charge in [0.2, 0.25) is 0 Å². The molecular weight excluding hydrogens is 260 g/mol. The summed E-state index contributed by atoms with van der Waals surface area (Å²) in [6, 6.07) is 0. The van der Waals surface area contributed by atoms with Crippen LogP contribution in [0, 0.1) is 0 Å². The molecule has 2 heterocycles. The molecule has 2 fully saturated rings. The van der Waals surface area contributed by atoms with Gasteiger partial charge in [0, 0.05) is 0 Å². The summed E-state index contributed by atoms with van der Waals surface area (Å²) < 4.78 is 14.4. The SMILES string of the molecule is C1CO1.OC[C@@H](O)[C@@H](O)[C@H](O)[C@@H](O)COCC1CO1. The highest BCUT2D eigenvalue weighted by molar-refractivity contribution is 4.80. The average Bonchev–Trinajstić information content (AvgIpc) is 3.27. The highest BCUT2D eigenvalue weighted by Gasteiger charge is 2.30. The summed E-state index contributed by atoms with van der Waals surface area (Å²) in [5.41, 5.74) is 0. The number of aliphatic hydroxyl groups excluding tert-OH is 5. The molecule has 114 valence electrons. The van der Waals surface area contributed by atoms with E-state index in [0.717, 1.165) is 13.2 Å². The standard InChI is InChI=1S/C9H18O7.C2H4O/c10-1-6(11)8(13)9(14)7(12)4-15-2-5-3-16-5;1-2-3-1/h5-14H,1-4H2;1-2H2/t5?,6-,7+,8-,9-;/m1./s1. The molecule has 1 unspecified atom stereocenters. The van der Waals surface area contributed by atoms with Crippen LogP contribution >= 0.6 is 0 Å². The second-order valence-corrected chi connectivity index (χ2v) is 4.40. The predicted molar refractivity (Wildman–Crippen MR) is 62.5 cm³/mol. The van der Waals surface area contributed by atoms with Crippen molar-refractivity contribution in [3.05, 3.63) is 0 Å². The minimum atomic E-state index is -1.61. The van der Waals surface area contributed by atoms with Gasteiger partial charge < -0.3 is 39.7 Å². The largest absolute Gasteiger partial charge is 0.394 e. The van der Waals surface area contributed by atoms with Crippen LogP contribution in [0.1, 0.15) is 0 Å². The van der Waals surface area contributed by atoms with E-state index in [4.69, 9.17) is 19.7 Å². The van der Waals surface area contributed by atoms with Crippen LogP contribution in [0.5, 0.6) is 0 Å². The fourth-order valence-corrected chi connectivity index (χ4v) is 1.15. The fourth-order valence-electron chi connectivity index (χ4n) is 1.15. The smallest absolute Gasteiger partial charge is 0.111 e. The average molecular weight is 282 g/mol. The number of epoxide rings is 2. The van der Waals surface area contributed by atoms with E-state index in [9.17, 15) is 15.3 Å². The third-order valence-corrected chi connectivity index (χ3v) is 2.52. The van der Waals surface area contributed by atoms with Crippen LogP contribution in [0.25, 0.3) is 0 Å². The Morgan fingerprint density at radius 2 is 1.58 bits per heavy atom. The normalized spacial score (nSPS) is 26.7. The van der Waals surface area contributed by atoms with E-state index in [1.165, 1.54) is 0 Å². The Kier molecular flexibility index (Phi) is 7.73. The Bertz CT molecular complexity index is 230. The van der Waals surface area contributed by atoms with Crippen molar-refractivity contribution in [1.29, 1.82) is 0 Å². The van der Waals surface area contributed by atoms with E-state index >= 15 is 0 Å². The van der Waals surface area contributed by atoms with Crippen molar-refractivity contribution in [2.24, 2.45) is 0 Å². The molecule has 0 aromatic carbocycles. The molecule has 19 heavy (non-hydrogen) atoms. The topological polar surface area (TPSA) is 135 Å². The van der Waals surface area contributed by atoms with Crippen LogP contribution < -0.4 is 0 Å². The van der Waals surface area contributed by atoms with Crippen LogP contribution in [-0.2, 0) is 14.2 Å². The summed E-state index contributed by atoms with van der Waals surface area (Å²) in [5, 5.41) is 45.6. The highest BCUT2D eigenvalue weighted by atomic mass is 16.6. The Labute approximate surface area is 111 Å². The van der Waals surface area contributed by atoms with E-state index in [0.29, 0.717) is 13.2 Å².